The lowest BCUT2D eigenvalue weighted by Crippen LogP contribution is -2.51. The van der Waals surface area contributed by atoms with Gasteiger partial charge in [0.15, 0.2) is 0 Å². The van der Waals surface area contributed by atoms with Crippen LogP contribution in [0.15, 0.2) is 48.5 Å². The van der Waals surface area contributed by atoms with E-state index >= 15 is 0 Å². The number of hydrogen-bond acceptors (Lipinski definition) is 2. The molecule has 0 aliphatic carbocycles. The Bertz CT molecular complexity index is 947. The number of H-pyrrole nitrogens is 1. The summed E-state index contributed by atoms with van der Waals surface area (Å²) in [5.41, 5.74) is 5.46. The topological polar surface area (TPSA) is 70.8 Å². The lowest BCUT2D eigenvalue weighted by Gasteiger charge is -2.46. The van der Waals surface area contributed by atoms with Crippen LogP contribution >= 0.6 is 0 Å². The first-order valence-electron chi connectivity index (χ1n) is 7.98. The molecule has 5 nitrogen and oxygen atoms in total. The standard InChI is InChI=1S/C19H17N3O.H2O/c1-21-16-9-5-3-7-14(16)19(23)22-11-10-13-12-6-2-4-8-15(12)20-17(13)18(21)22;/h2-9,18,20H,10-11H2,1H3;1H2/t18-;/m0./s1. The lowest BCUT2D eigenvalue weighted by molar-refractivity contribution is 0.0634. The van der Waals surface area contributed by atoms with E-state index in [9.17, 15) is 4.79 Å². The van der Waals surface area contributed by atoms with Crippen molar-refractivity contribution in [1.29, 1.82) is 0 Å². The molecule has 0 saturated heterocycles. The van der Waals surface area contributed by atoms with Gasteiger partial charge < -0.3 is 20.3 Å². The van der Waals surface area contributed by atoms with Gasteiger partial charge >= 0.3 is 0 Å². The van der Waals surface area contributed by atoms with Crippen LogP contribution in [0.3, 0.4) is 0 Å². The van der Waals surface area contributed by atoms with Crippen LogP contribution < -0.4 is 4.90 Å². The Labute approximate surface area is 139 Å². The van der Waals surface area contributed by atoms with Crippen LogP contribution in [-0.2, 0) is 6.42 Å². The number of carbonyl (C=O) groups excluding carboxylic acids is 1. The van der Waals surface area contributed by atoms with Crippen LogP contribution in [0.2, 0.25) is 0 Å². The van der Waals surface area contributed by atoms with Gasteiger partial charge in [-0.25, -0.2) is 0 Å². The molecule has 1 aromatic heterocycles. The van der Waals surface area contributed by atoms with Crippen molar-refractivity contribution in [3.63, 3.8) is 0 Å². The van der Waals surface area contributed by atoms with Crippen LogP contribution in [0.25, 0.3) is 10.9 Å². The third kappa shape index (κ3) is 1.76. The maximum absolute atomic E-state index is 12.9. The smallest absolute Gasteiger partial charge is 0.257 e. The molecule has 0 bridgehead atoms. The maximum atomic E-state index is 12.9. The van der Waals surface area contributed by atoms with E-state index < -0.39 is 0 Å². The van der Waals surface area contributed by atoms with Crippen LogP contribution in [-0.4, -0.2) is 34.9 Å². The van der Waals surface area contributed by atoms with Crippen LogP contribution in [0.5, 0.6) is 0 Å². The number of amides is 1. The Kier molecular flexibility index (Phi) is 3.15. The van der Waals surface area contributed by atoms with Gasteiger partial charge in [0.05, 0.1) is 16.9 Å². The number of nitrogens with zero attached hydrogens (tertiary/aromatic N) is 2. The van der Waals surface area contributed by atoms with Gasteiger partial charge in [-0.05, 0) is 30.2 Å². The molecule has 0 saturated carbocycles. The second-order valence-electron chi connectivity index (χ2n) is 6.31. The van der Waals surface area contributed by atoms with Gasteiger partial charge in [0.25, 0.3) is 5.91 Å². The average Bonchev–Trinajstić information content (AvgIpc) is 2.98. The van der Waals surface area contributed by atoms with E-state index in [1.54, 1.807) is 0 Å². The molecule has 2 aromatic carbocycles. The Hall–Kier alpha value is -2.79. The van der Waals surface area contributed by atoms with Crippen LogP contribution in [0.1, 0.15) is 27.8 Å². The monoisotopic (exact) mass is 321 g/mol. The summed E-state index contributed by atoms with van der Waals surface area (Å²) >= 11 is 0. The third-order valence-electron chi connectivity index (χ3n) is 5.14. The minimum absolute atomic E-state index is 0. The van der Waals surface area contributed by atoms with Crippen molar-refractivity contribution in [2.24, 2.45) is 0 Å². The van der Waals surface area contributed by atoms with Crippen molar-refractivity contribution in [2.75, 3.05) is 18.5 Å². The van der Waals surface area contributed by atoms with Crippen molar-refractivity contribution < 1.29 is 10.3 Å². The van der Waals surface area contributed by atoms with Gasteiger partial charge in [-0.15, -0.1) is 0 Å². The Morgan fingerprint density at radius 3 is 2.71 bits per heavy atom. The normalized spacial score (nSPS) is 18.7. The van der Waals surface area contributed by atoms with Gasteiger partial charge in [0, 0.05) is 24.5 Å². The highest BCUT2D eigenvalue weighted by Crippen LogP contribution is 2.42. The summed E-state index contributed by atoms with van der Waals surface area (Å²) < 4.78 is 0. The first-order valence-corrected chi connectivity index (χ1v) is 7.98. The summed E-state index contributed by atoms with van der Waals surface area (Å²) in [6.45, 7) is 0.761. The van der Waals surface area contributed by atoms with Crippen LogP contribution in [0.4, 0.5) is 5.69 Å². The maximum Gasteiger partial charge on any atom is 0.257 e. The second kappa shape index (κ2) is 5.11. The zero-order chi connectivity index (χ0) is 15.6. The lowest BCUT2D eigenvalue weighted by atomic mass is 9.96. The summed E-state index contributed by atoms with van der Waals surface area (Å²) in [4.78, 5) is 20.7. The number of para-hydroxylation sites is 2. The van der Waals surface area contributed by atoms with Gasteiger partial charge in [0.1, 0.15) is 6.17 Å². The number of benzene rings is 2. The van der Waals surface area contributed by atoms with E-state index in [1.165, 1.54) is 10.9 Å². The first-order chi connectivity index (χ1) is 11.3. The Morgan fingerprint density at radius 2 is 1.83 bits per heavy atom. The molecule has 2 aliphatic heterocycles. The van der Waals surface area contributed by atoms with Crippen molar-refractivity contribution in [1.82, 2.24) is 9.88 Å². The van der Waals surface area contributed by atoms with Crippen molar-refractivity contribution >= 4 is 22.5 Å². The zero-order valence-electron chi connectivity index (χ0n) is 13.4. The molecule has 0 fully saturated rings. The number of rotatable bonds is 0. The van der Waals surface area contributed by atoms with E-state index in [-0.39, 0.29) is 17.5 Å². The predicted molar refractivity (Wildman–Crippen MR) is 94.2 cm³/mol. The summed E-state index contributed by atoms with van der Waals surface area (Å²) in [5.74, 6) is 0.132. The molecule has 1 atom stereocenters. The minimum Gasteiger partial charge on any atom is -0.412 e. The highest BCUT2D eigenvalue weighted by Gasteiger charge is 2.41. The molecule has 3 N–H and O–H groups in total. The molecule has 3 heterocycles. The zero-order valence-corrected chi connectivity index (χ0v) is 13.4. The number of fused-ring (bicyclic) bond motifs is 6. The SMILES string of the molecule is CN1c2ccccc2C(=O)N2CCc3c([nH]c4ccccc34)[C@H]21.O. The largest absolute Gasteiger partial charge is 0.412 e. The summed E-state index contributed by atoms with van der Waals surface area (Å²) in [7, 11) is 2.07. The molecule has 2 aliphatic rings. The highest BCUT2D eigenvalue weighted by atomic mass is 16.2. The predicted octanol–water partition coefficient (Wildman–Crippen LogP) is 2.49. The summed E-state index contributed by atoms with van der Waals surface area (Å²) in [6, 6.07) is 16.3. The highest BCUT2D eigenvalue weighted by molar-refractivity contribution is 6.02. The minimum atomic E-state index is -0.0476. The second-order valence-corrected chi connectivity index (χ2v) is 6.31. The van der Waals surface area contributed by atoms with Crippen molar-refractivity contribution in [3.05, 3.63) is 65.4 Å². The quantitative estimate of drug-likeness (QED) is 0.691. The van der Waals surface area contributed by atoms with E-state index in [2.05, 4.69) is 35.1 Å². The van der Waals surface area contributed by atoms with Gasteiger partial charge in [-0.3, -0.25) is 4.79 Å². The molecule has 122 valence electrons. The fourth-order valence-electron chi connectivity index (χ4n) is 4.08. The molecule has 0 radical (unpaired) electrons. The van der Waals surface area contributed by atoms with Crippen molar-refractivity contribution in [3.8, 4) is 0 Å². The number of aromatic nitrogens is 1. The van der Waals surface area contributed by atoms with Crippen molar-refractivity contribution in [2.45, 2.75) is 12.6 Å². The number of carbonyl (C=O) groups is 1. The molecular weight excluding hydrogens is 302 g/mol. The fraction of sp³-hybridized carbons (Fsp3) is 0.211. The van der Waals surface area contributed by atoms with E-state index in [1.807, 2.05) is 35.2 Å². The van der Waals surface area contributed by atoms with E-state index in [4.69, 9.17) is 0 Å². The van der Waals surface area contributed by atoms with E-state index in [0.717, 1.165) is 35.4 Å². The number of hydrogen-bond donors (Lipinski definition) is 1. The third-order valence-corrected chi connectivity index (χ3v) is 5.14. The fourth-order valence-corrected chi connectivity index (χ4v) is 4.08. The average molecular weight is 321 g/mol. The van der Waals surface area contributed by atoms with Gasteiger partial charge in [-0.1, -0.05) is 30.3 Å². The van der Waals surface area contributed by atoms with Gasteiger partial charge in [-0.2, -0.15) is 0 Å². The molecule has 0 unspecified atom stereocenters. The van der Waals surface area contributed by atoms with Gasteiger partial charge in [0.2, 0.25) is 0 Å². The summed E-state index contributed by atoms with van der Waals surface area (Å²) in [6.07, 6.45) is 0.853. The Balaban J connectivity index is 0.00000146. The molecule has 5 heteroatoms. The molecule has 24 heavy (non-hydrogen) atoms. The number of nitrogens with one attached hydrogen (secondary N) is 1. The Morgan fingerprint density at radius 1 is 1.08 bits per heavy atom. The molecule has 0 spiro atoms. The first kappa shape index (κ1) is 14.8. The molecular formula is C19H19N3O2. The summed E-state index contributed by atoms with van der Waals surface area (Å²) in [5, 5.41) is 1.28. The van der Waals surface area contributed by atoms with E-state index in [0.29, 0.717) is 0 Å². The molecule has 3 aromatic rings. The van der Waals surface area contributed by atoms with Crippen LogP contribution in [0, 0.1) is 0 Å². The molecule has 5 rings (SSSR count). The number of aromatic amines is 1. The number of anilines is 1. The molecule has 1 amide bonds.